The Balaban J connectivity index is 1.78. The van der Waals surface area contributed by atoms with Crippen molar-refractivity contribution in [2.24, 2.45) is 0 Å². The van der Waals surface area contributed by atoms with Gasteiger partial charge in [-0.1, -0.05) is 36.4 Å². The molecular formula is C18H17F2NO2. The van der Waals surface area contributed by atoms with Gasteiger partial charge >= 0.3 is 6.61 Å². The van der Waals surface area contributed by atoms with Gasteiger partial charge in [0.2, 0.25) is 0 Å². The molecule has 3 rings (SSSR count). The van der Waals surface area contributed by atoms with Gasteiger partial charge < -0.3 is 10.1 Å². The van der Waals surface area contributed by atoms with Crippen molar-refractivity contribution in [1.82, 2.24) is 5.32 Å². The van der Waals surface area contributed by atoms with Gasteiger partial charge in [-0.3, -0.25) is 4.79 Å². The summed E-state index contributed by atoms with van der Waals surface area (Å²) in [4.78, 5) is 12.5. The van der Waals surface area contributed by atoms with Crippen LogP contribution in [0.4, 0.5) is 8.78 Å². The van der Waals surface area contributed by atoms with Crippen LogP contribution in [-0.2, 0) is 5.54 Å². The highest BCUT2D eigenvalue weighted by Crippen LogP contribution is 2.41. The average Bonchev–Trinajstić information content (AvgIpc) is 2.51. The maximum absolute atomic E-state index is 12.5. The van der Waals surface area contributed by atoms with Crippen LogP contribution in [0.3, 0.4) is 0 Å². The summed E-state index contributed by atoms with van der Waals surface area (Å²) in [5.41, 5.74) is 1.02. The van der Waals surface area contributed by atoms with E-state index in [2.05, 4.69) is 10.1 Å². The van der Waals surface area contributed by atoms with Gasteiger partial charge in [-0.25, -0.2) is 0 Å². The van der Waals surface area contributed by atoms with Gasteiger partial charge in [-0.05, 0) is 43.0 Å². The van der Waals surface area contributed by atoms with Gasteiger partial charge in [-0.15, -0.1) is 0 Å². The van der Waals surface area contributed by atoms with E-state index in [-0.39, 0.29) is 17.2 Å². The highest BCUT2D eigenvalue weighted by molar-refractivity contribution is 5.95. The number of rotatable bonds is 5. The van der Waals surface area contributed by atoms with Crippen molar-refractivity contribution >= 4 is 5.91 Å². The van der Waals surface area contributed by atoms with Crippen LogP contribution in [0.2, 0.25) is 0 Å². The van der Waals surface area contributed by atoms with E-state index in [0.29, 0.717) is 5.56 Å². The third kappa shape index (κ3) is 3.33. The number of halogens is 2. The number of hydrogen-bond acceptors (Lipinski definition) is 2. The molecule has 0 heterocycles. The molecule has 1 N–H and O–H groups in total. The quantitative estimate of drug-likeness (QED) is 0.902. The van der Waals surface area contributed by atoms with Gasteiger partial charge in [0.15, 0.2) is 0 Å². The van der Waals surface area contributed by atoms with E-state index >= 15 is 0 Å². The van der Waals surface area contributed by atoms with E-state index in [9.17, 15) is 13.6 Å². The first-order valence-corrected chi connectivity index (χ1v) is 7.52. The Hall–Kier alpha value is -2.43. The topological polar surface area (TPSA) is 38.3 Å². The molecule has 0 bridgehead atoms. The third-order valence-electron chi connectivity index (χ3n) is 4.21. The van der Waals surface area contributed by atoms with Crippen molar-refractivity contribution in [2.75, 3.05) is 0 Å². The molecule has 1 fully saturated rings. The van der Waals surface area contributed by atoms with E-state index in [1.165, 1.54) is 18.2 Å². The summed E-state index contributed by atoms with van der Waals surface area (Å²) in [7, 11) is 0. The monoisotopic (exact) mass is 317 g/mol. The fourth-order valence-electron chi connectivity index (χ4n) is 2.88. The predicted molar refractivity (Wildman–Crippen MR) is 82.5 cm³/mol. The molecule has 0 aromatic heterocycles. The second-order valence-corrected chi connectivity index (χ2v) is 5.66. The molecule has 0 unspecified atom stereocenters. The minimum atomic E-state index is -2.91. The molecule has 1 aliphatic rings. The second-order valence-electron chi connectivity index (χ2n) is 5.66. The van der Waals surface area contributed by atoms with Crippen LogP contribution in [-0.4, -0.2) is 12.5 Å². The largest absolute Gasteiger partial charge is 0.435 e. The van der Waals surface area contributed by atoms with Crippen LogP contribution in [0.5, 0.6) is 5.75 Å². The lowest BCUT2D eigenvalue weighted by atomic mass is 9.71. The molecule has 2 aromatic rings. The SMILES string of the molecule is O=C(NC1(c2ccccc2)CCC1)c1cccc(OC(F)F)c1. The second kappa shape index (κ2) is 6.36. The highest BCUT2D eigenvalue weighted by atomic mass is 19.3. The molecule has 5 heteroatoms. The Kier molecular flexibility index (Phi) is 4.28. The number of alkyl halides is 2. The molecule has 2 aromatic carbocycles. The van der Waals surface area contributed by atoms with E-state index in [0.717, 1.165) is 24.8 Å². The summed E-state index contributed by atoms with van der Waals surface area (Å²) in [5, 5.41) is 3.06. The van der Waals surface area contributed by atoms with Gasteiger partial charge in [-0.2, -0.15) is 8.78 Å². The number of amides is 1. The molecule has 0 aliphatic heterocycles. The Morgan fingerprint density at radius 3 is 2.43 bits per heavy atom. The maximum Gasteiger partial charge on any atom is 0.387 e. The zero-order valence-corrected chi connectivity index (χ0v) is 12.5. The highest BCUT2D eigenvalue weighted by Gasteiger charge is 2.40. The van der Waals surface area contributed by atoms with Crippen LogP contribution in [0.15, 0.2) is 54.6 Å². The van der Waals surface area contributed by atoms with E-state index < -0.39 is 6.61 Å². The minimum Gasteiger partial charge on any atom is -0.435 e. The van der Waals surface area contributed by atoms with Crippen molar-refractivity contribution in [3.63, 3.8) is 0 Å². The van der Waals surface area contributed by atoms with E-state index in [4.69, 9.17) is 0 Å². The standard InChI is InChI=1S/C18H17F2NO2/c19-17(20)23-15-9-4-6-13(12-15)16(22)21-18(10-5-11-18)14-7-2-1-3-8-14/h1-4,6-9,12,17H,5,10-11H2,(H,21,22). The summed E-state index contributed by atoms with van der Waals surface area (Å²) in [6.07, 6.45) is 2.79. The third-order valence-corrected chi connectivity index (χ3v) is 4.21. The molecule has 0 saturated heterocycles. The fourth-order valence-corrected chi connectivity index (χ4v) is 2.88. The van der Waals surface area contributed by atoms with Crippen molar-refractivity contribution < 1.29 is 18.3 Å². The fraction of sp³-hybridized carbons (Fsp3) is 0.278. The zero-order valence-electron chi connectivity index (χ0n) is 12.5. The average molecular weight is 317 g/mol. The van der Waals surface area contributed by atoms with E-state index in [1.807, 2.05) is 30.3 Å². The molecule has 1 amide bonds. The van der Waals surface area contributed by atoms with Gasteiger partial charge in [0, 0.05) is 5.56 Å². The Bertz CT molecular complexity index is 684. The Labute approximate surface area is 133 Å². The number of nitrogens with one attached hydrogen (secondary N) is 1. The van der Waals surface area contributed by atoms with Crippen LogP contribution in [0, 0.1) is 0 Å². The van der Waals surface area contributed by atoms with E-state index in [1.54, 1.807) is 6.07 Å². The van der Waals surface area contributed by atoms with Gasteiger partial charge in [0.1, 0.15) is 5.75 Å². The summed E-state index contributed by atoms with van der Waals surface area (Å²) in [6, 6.07) is 15.7. The van der Waals surface area contributed by atoms with Crippen molar-refractivity contribution in [1.29, 1.82) is 0 Å². The lowest BCUT2D eigenvalue weighted by molar-refractivity contribution is -0.0498. The molecule has 23 heavy (non-hydrogen) atoms. The van der Waals surface area contributed by atoms with Crippen LogP contribution < -0.4 is 10.1 Å². The molecule has 0 spiro atoms. The lowest BCUT2D eigenvalue weighted by Gasteiger charge is -2.43. The van der Waals surface area contributed by atoms with Crippen LogP contribution in [0.25, 0.3) is 0 Å². The molecular weight excluding hydrogens is 300 g/mol. The Morgan fingerprint density at radius 1 is 1.09 bits per heavy atom. The number of carbonyl (C=O) groups excluding carboxylic acids is 1. The zero-order chi connectivity index (χ0) is 16.3. The molecule has 0 radical (unpaired) electrons. The molecule has 1 saturated carbocycles. The first-order chi connectivity index (χ1) is 11.1. The van der Waals surface area contributed by atoms with Crippen molar-refractivity contribution in [3.8, 4) is 5.75 Å². The number of carbonyl (C=O) groups is 1. The minimum absolute atomic E-state index is 0.0185. The van der Waals surface area contributed by atoms with Crippen LogP contribution in [0.1, 0.15) is 35.2 Å². The van der Waals surface area contributed by atoms with Crippen molar-refractivity contribution in [2.45, 2.75) is 31.4 Å². The molecule has 1 aliphatic carbocycles. The molecule has 0 atom stereocenters. The molecule has 120 valence electrons. The maximum atomic E-state index is 12.5. The summed E-state index contributed by atoms with van der Waals surface area (Å²) >= 11 is 0. The predicted octanol–water partition coefficient (Wildman–Crippen LogP) is 4.10. The smallest absolute Gasteiger partial charge is 0.387 e. The lowest BCUT2D eigenvalue weighted by Crippen LogP contribution is -2.50. The Morgan fingerprint density at radius 2 is 1.83 bits per heavy atom. The van der Waals surface area contributed by atoms with Crippen molar-refractivity contribution in [3.05, 3.63) is 65.7 Å². The summed E-state index contributed by atoms with van der Waals surface area (Å²) in [6.45, 7) is -2.91. The number of hydrogen-bond donors (Lipinski definition) is 1. The molecule has 3 nitrogen and oxygen atoms in total. The van der Waals surface area contributed by atoms with Gasteiger partial charge in [0.05, 0.1) is 5.54 Å². The van der Waals surface area contributed by atoms with Crippen LogP contribution >= 0.6 is 0 Å². The first kappa shape index (κ1) is 15.5. The number of benzene rings is 2. The van der Waals surface area contributed by atoms with Gasteiger partial charge in [0.25, 0.3) is 5.91 Å². The normalized spacial score (nSPS) is 15.8. The number of ether oxygens (including phenoxy) is 1. The summed E-state index contributed by atoms with van der Waals surface area (Å²) < 4.78 is 28.9. The summed E-state index contributed by atoms with van der Waals surface area (Å²) in [5.74, 6) is -0.303. The first-order valence-electron chi connectivity index (χ1n) is 7.52.